The molecule has 1 aromatic carbocycles. The Labute approximate surface area is 143 Å². The molecule has 0 radical (unpaired) electrons. The van der Waals surface area contributed by atoms with E-state index in [9.17, 15) is 8.42 Å². The zero-order chi connectivity index (χ0) is 18.0. The topological polar surface area (TPSA) is 88.6 Å². The first-order chi connectivity index (χ1) is 11.2. The van der Waals surface area contributed by atoms with Crippen molar-refractivity contribution in [1.82, 2.24) is 14.8 Å². The van der Waals surface area contributed by atoms with Crippen LogP contribution in [0.3, 0.4) is 0 Å². The molecule has 6 nitrogen and oxygen atoms in total. The van der Waals surface area contributed by atoms with Crippen molar-refractivity contribution in [3.8, 4) is 17.5 Å². The average molecular weight is 346 g/mol. The molecule has 0 amide bonds. The van der Waals surface area contributed by atoms with Crippen molar-refractivity contribution in [2.24, 2.45) is 7.05 Å². The van der Waals surface area contributed by atoms with Crippen molar-refractivity contribution in [1.29, 1.82) is 5.26 Å². The number of nitriles is 1. The SMILES string of the molecule is Cn1c(-c2ccc(C(C)(C)C)cc2)nnc1S(=O)(=O)CCCC#N. The summed E-state index contributed by atoms with van der Waals surface area (Å²) in [5.74, 6) is 0.407. The fourth-order valence-corrected chi connectivity index (χ4v) is 3.76. The van der Waals surface area contributed by atoms with Gasteiger partial charge in [0.2, 0.25) is 15.0 Å². The Balaban J connectivity index is 2.32. The number of nitrogens with zero attached hydrogens (tertiary/aromatic N) is 4. The first-order valence-electron chi connectivity index (χ1n) is 7.77. The van der Waals surface area contributed by atoms with Crippen LogP contribution in [-0.2, 0) is 22.3 Å². The summed E-state index contributed by atoms with van der Waals surface area (Å²) in [5.41, 5.74) is 2.06. The number of unbranched alkanes of at least 4 members (excludes halogenated alkanes) is 1. The molecule has 0 fully saturated rings. The lowest BCUT2D eigenvalue weighted by molar-refractivity contribution is 0.576. The van der Waals surface area contributed by atoms with Crippen molar-refractivity contribution < 1.29 is 8.42 Å². The summed E-state index contributed by atoms with van der Waals surface area (Å²) in [6.07, 6.45) is 0.500. The molecule has 128 valence electrons. The number of hydrogen-bond donors (Lipinski definition) is 0. The summed E-state index contributed by atoms with van der Waals surface area (Å²) in [5, 5.41) is 16.4. The molecular formula is C17H22N4O2S. The van der Waals surface area contributed by atoms with Gasteiger partial charge in [-0.3, -0.25) is 0 Å². The molecule has 0 aliphatic heterocycles. The van der Waals surface area contributed by atoms with Crippen molar-refractivity contribution in [3.05, 3.63) is 29.8 Å². The second-order valence-electron chi connectivity index (χ2n) is 6.77. The van der Waals surface area contributed by atoms with E-state index in [1.165, 1.54) is 10.1 Å². The second-order valence-corrected chi connectivity index (χ2v) is 8.78. The lowest BCUT2D eigenvalue weighted by Crippen LogP contribution is -2.13. The second kappa shape index (κ2) is 6.73. The van der Waals surface area contributed by atoms with Gasteiger partial charge in [0.1, 0.15) is 0 Å². The van der Waals surface area contributed by atoms with Crippen LogP contribution in [0.15, 0.2) is 29.4 Å². The normalized spacial score (nSPS) is 12.1. The molecule has 0 aliphatic carbocycles. The Kier molecular flexibility index (Phi) is 5.09. The minimum Gasteiger partial charge on any atom is -0.301 e. The fraction of sp³-hybridized carbons (Fsp3) is 0.471. The molecule has 0 unspecified atom stereocenters. The van der Waals surface area contributed by atoms with Crippen molar-refractivity contribution in [2.75, 3.05) is 5.75 Å². The van der Waals surface area contributed by atoms with Gasteiger partial charge in [0.05, 0.1) is 11.8 Å². The van der Waals surface area contributed by atoms with E-state index >= 15 is 0 Å². The number of benzene rings is 1. The molecule has 0 bridgehead atoms. The molecule has 0 N–H and O–H groups in total. The Bertz CT molecular complexity index is 853. The third kappa shape index (κ3) is 3.82. The fourth-order valence-electron chi connectivity index (χ4n) is 2.39. The van der Waals surface area contributed by atoms with Crippen molar-refractivity contribution >= 4 is 9.84 Å². The van der Waals surface area contributed by atoms with Crippen LogP contribution in [0.1, 0.15) is 39.2 Å². The van der Waals surface area contributed by atoms with E-state index in [-0.39, 0.29) is 22.7 Å². The van der Waals surface area contributed by atoms with Crippen molar-refractivity contribution in [3.63, 3.8) is 0 Å². The molecule has 1 aromatic heterocycles. The highest BCUT2D eigenvalue weighted by Gasteiger charge is 2.23. The van der Waals surface area contributed by atoms with Crippen LogP contribution < -0.4 is 0 Å². The summed E-state index contributed by atoms with van der Waals surface area (Å²) in [4.78, 5) is 0. The quantitative estimate of drug-likeness (QED) is 0.777. The number of rotatable bonds is 5. The number of hydrogen-bond acceptors (Lipinski definition) is 5. The van der Waals surface area contributed by atoms with Crippen LogP contribution in [0.25, 0.3) is 11.4 Å². The van der Waals surface area contributed by atoms with E-state index in [1.807, 2.05) is 30.3 Å². The average Bonchev–Trinajstić information content (AvgIpc) is 2.89. The van der Waals surface area contributed by atoms with E-state index in [0.29, 0.717) is 12.2 Å². The maximum atomic E-state index is 12.3. The zero-order valence-electron chi connectivity index (χ0n) is 14.4. The highest BCUT2D eigenvalue weighted by atomic mass is 32.2. The third-order valence-electron chi connectivity index (χ3n) is 3.82. The summed E-state index contributed by atoms with van der Waals surface area (Å²) >= 11 is 0. The van der Waals surface area contributed by atoms with Crippen molar-refractivity contribution in [2.45, 2.75) is 44.2 Å². The van der Waals surface area contributed by atoms with E-state index in [1.54, 1.807) is 7.05 Å². The van der Waals surface area contributed by atoms with Crippen LogP contribution in [0.2, 0.25) is 0 Å². The van der Waals surface area contributed by atoms with E-state index < -0.39 is 9.84 Å². The molecule has 2 aromatic rings. The third-order valence-corrected chi connectivity index (χ3v) is 5.56. The van der Waals surface area contributed by atoms with E-state index in [2.05, 4.69) is 31.0 Å². The smallest absolute Gasteiger partial charge is 0.249 e. The molecule has 0 aliphatic rings. The molecule has 0 saturated carbocycles. The van der Waals surface area contributed by atoms with Gasteiger partial charge in [-0.15, -0.1) is 10.2 Å². The monoisotopic (exact) mass is 346 g/mol. The zero-order valence-corrected chi connectivity index (χ0v) is 15.3. The van der Waals surface area contributed by atoms with Gasteiger partial charge in [0.15, 0.2) is 5.82 Å². The van der Waals surface area contributed by atoms with Gasteiger partial charge in [-0.2, -0.15) is 5.26 Å². The summed E-state index contributed by atoms with van der Waals surface area (Å²) in [6.45, 7) is 6.41. The largest absolute Gasteiger partial charge is 0.301 e. The minimum absolute atomic E-state index is 0.0493. The van der Waals surface area contributed by atoms with Crippen LogP contribution in [-0.4, -0.2) is 28.9 Å². The molecule has 0 saturated heterocycles. The number of aromatic nitrogens is 3. The molecule has 7 heteroatoms. The molecule has 0 atom stereocenters. The van der Waals surface area contributed by atoms with Crippen LogP contribution in [0, 0.1) is 11.3 Å². The number of sulfone groups is 1. The van der Waals surface area contributed by atoms with Gasteiger partial charge in [-0.25, -0.2) is 8.42 Å². The highest BCUT2D eigenvalue weighted by Crippen LogP contribution is 2.26. The Morgan fingerprint density at radius 2 is 1.79 bits per heavy atom. The van der Waals surface area contributed by atoms with E-state index in [4.69, 9.17) is 5.26 Å². The summed E-state index contributed by atoms with van der Waals surface area (Å²) in [7, 11) is -1.90. The molecule has 0 spiro atoms. The minimum atomic E-state index is -3.54. The van der Waals surface area contributed by atoms with Gasteiger partial charge in [-0.05, 0) is 17.4 Å². The molecule has 2 rings (SSSR count). The van der Waals surface area contributed by atoms with Crippen LogP contribution in [0.4, 0.5) is 0 Å². The predicted molar refractivity (Wildman–Crippen MR) is 92.0 cm³/mol. The maximum absolute atomic E-state index is 12.3. The lowest BCUT2D eigenvalue weighted by Gasteiger charge is -2.19. The molecule has 24 heavy (non-hydrogen) atoms. The van der Waals surface area contributed by atoms with Crippen LogP contribution in [0.5, 0.6) is 0 Å². The van der Waals surface area contributed by atoms with Gasteiger partial charge < -0.3 is 4.57 Å². The van der Waals surface area contributed by atoms with E-state index in [0.717, 1.165) is 5.56 Å². The van der Waals surface area contributed by atoms with Crippen LogP contribution >= 0.6 is 0 Å². The molecule has 1 heterocycles. The first kappa shape index (κ1) is 18.1. The Morgan fingerprint density at radius 1 is 1.17 bits per heavy atom. The summed E-state index contributed by atoms with van der Waals surface area (Å²) in [6, 6.07) is 9.84. The molecular weight excluding hydrogens is 324 g/mol. The van der Waals surface area contributed by atoms with Gasteiger partial charge in [0.25, 0.3) is 0 Å². The predicted octanol–water partition coefficient (Wildman–Crippen LogP) is 2.86. The maximum Gasteiger partial charge on any atom is 0.249 e. The summed E-state index contributed by atoms with van der Waals surface area (Å²) < 4.78 is 26.1. The lowest BCUT2D eigenvalue weighted by atomic mass is 9.87. The van der Waals surface area contributed by atoms with Gasteiger partial charge >= 0.3 is 0 Å². The highest BCUT2D eigenvalue weighted by molar-refractivity contribution is 7.91. The Morgan fingerprint density at radius 3 is 2.33 bits per heavy atom. The Hall–Kier alpha value is -2.20. The van der Waals surface area contributed by atoms with Gasteiger partial charge in [-0.1, -0.05) is 45.0 Å². The van der Waals surface area contributed by atoms with Gasteiger partial charge in [0, 0.05) is 19.0 Å². The first-order valence-corrected chi connectivity index (χ1v) is 9.42. The standard InChI is InChI=1S/C17H22N4O2S/c1-17(2,3)14-9-7-13(8-10-14)15-19-20-16(21(15)4)24(22,23)12-6-5-11-18/h7-10H,5-6,12H2,1-4H3.